The van der Waals surface area contributed by atoms with Crippen LogP contribution in [0.25, 0.3) is 5.65 Å². The minimum Gasteiger partial charge on any atom is -0.300 e. The van der Waals surface area contributed by atoms with Gasteiger partial charge in [0.05, 0.1) is 5.69 Å². The van der Waals surface area contributed by atoms with Crippen molar-refractivity contribution in [3.05, 3.63) is 29.7 Å². The lowest BCUT2D eigenvalue weighted by Gasteiger charge is -1.98. The molecule has 2 aromatic heterocycles. The summed E-state index contributed by atoms with van der Waals surface area (Å²) in [5, 5.41) is 4.42. The molecule has 0 spiro atoms. The first-order valence-electron chi connectivity index (χ1n) is 5.40. The van der Waals surface area contributed by atoms with Gasteiger partial charge in [0, 0.05) is 24.9 Å². The van der Waals surface area contributed by atoms with Gasteiger partial charge < -0.3 is 0 Å². The van der Waals surface area contributed by atoms with Crippen molar-refractivity contribution in [3.63, 3.8) is 0 Å². The van der Waals surface area contributed by atoms with E-state index in [0.717, 1.165) is 16.9 Å². The fourth-order valence-corrected chi connectivity index (χ4v) is 1.59. The van der Waals surface area contributed by atoms with Gasteiger partial charge in [0.1, 0.15) is 5.78 Å². The Morgan fingerprint density at radius 1 is 1.50 bits per heavy atom. The van der Waals surface area contributed by atoms with E-state index in [1.807, 2.05) is 12.3 Å². The second-order valence-electron chi connectivity index (χ2n) is 4.37. The van der Waals surface area contributed by atoms with Gasteiger partial charge >= 0.3 is 0 Å². The molecule has 0 saturated heterocycles. The highest BCUT2D eigenvalue weighted by Gasteiger charge is 2.07. The maximum Gasteiger partial charge on any atom is 0.155 e. The van der Waals surface area contributed by atoms with Crippen molar-refractivity contribution >= 4 is 11.4 Å². The minimum absolute atomic E-state index is 0.136. The third-order valence-electron chi connectivity index (χ3n) is 2.43. The highest BCUT2D eigenvalue weighted by Crippen LogP contribution is 2.14. The summed E-state index contributed by atoms with van der Waals surface area (Å²) in [7, 11) is 0. The van der Waals surface area contributed by atoms with Gasteiger partial charge in [-0.1, -0.05) is 13.8 Å². The highest BCUT2D eigenvalue weighted by molar-refractivity contribution is 5.78. The number of Topliss-reactive ketones (excluding diaryl/α,β-unsaturated/α-hetero) is 1. The van der Waals surface area contributed by atoms with Crippen LogP contribution < -0.4 is 0 Å². The Labute approximate surface area is 94.3 Å². The van der Waals surface area contributed by atoms with Crippen LogP contribution in [0.1, 0.15) is 37.9 Å². The Morgan fingerprint density at radius 3 is 2.88 bits per heavy atom. The molecule has 0 unspecified atom stereocenters. The molecule has 0 N–H and O–H groups in total. The quantitative estimate of drug-likeness (QED) is 0.789. The Balaban J connectivity index is 2.41. The molecule has 0 aliphatic carbocycles. The molecule has 2 rings (SSSR count). The zero-order valence-corrected chi connectivity index (χ0v) is 9.77. The largest absolute Gasteiger partial charge is 0.300 e. The fraction of sp³-hybridized carbons (Fsp3) is 0.417. The summed E-state index contributed by atoms with van der Waals surface area (Å²) < 4.78 is 1.74. The number of nitrogens with zero attached hydrogens (tertiary/aromatic N) is 3. The van der Waals surface area contributed by atoms with Gasteiger partial charge in [0.2, 0.25) is 0 Å². The predicted octanol–water partition coefficient (Wildman–Crippen LogP) is 1.98. The van der Waals surface area contributed by atoms with E-state index in [9.17, 15) is 4.79 Å². The van der Waals surface area contributed by atoms with Crippen LogP contribution in [0.2, 0.25) is 0 Å². The second kappa shape index (κ2) is 4.04. The summed E-state index contributed by atoms with van der Waals surface area (Å²) in [6.45, 7) is 5.77. The molecule has 84 valence electrons. The molecule has 0 radical (unpaired) electrons. The molecule has 0 fully saturated rings. The first kappa shape index (κ1) is 10.8. The molecule has 2 aromatic rings. The lowest BCUT2D eigenvalue weighted by atomic mass is 10.1. The average Bonchev–Trinajstić information content (AvgIpc) is 2.59. The zero-order valence-electron chi connectivity index (χ0n) is 9.77. The van der Waals surface area contributed by atoms with Crippen molar-refractivity contribution in [2.75, 3.05) is 0 Å². The molecule has 0 atom stereocenters. The van der Waals surface area contributed by atoms with E-state index in [4.69, 9.17) is 0 Å². The second-order valence-corrected chi connectivity index (χ2v) is 4.37. The van der Waals surface area contributed by atoms with Gasteiger partial charge in [-0.25, -0.2) is 9.50 Å². The molecular weight excluding hydrogens is 202 g/mol. The number of carbonyl (C=O) groups is 1. The Bertz CT molecular complexity index is 528. The normalized spacial score (nSPS) is 11.2. The molecule has 0 aliphatic heterocycles. The van der Waals surface area contributed by atoms with Crippen LogP contribution in [0.15, 0.2) is 18.5 Å². The zero-order chi connectivity index (χ0) is 11.7. The highest BCUT2D eigenvalue weighted by atomic mass is 16.1. The third-order valence-corrected chi connectivity index (χ3v) is 2.43. The Kier molecular flexibility index (Phi) is 2.73. The van der Waals surface area contributed by atoms with Crippen LogP contribution in [0, 0.1) is 0 Å². The van der Waals surface area contributed by atoms with Gasteiger partial charge in [-0.15, -0.1) is 0 Å². The van der Waals surface area contributed by atoms with Crippen LogP contribution in [0.4, 0.5) is 0 Å². The van der Waals surface area contributed by atoms with E-state index in [1.54, 1.807) is 17.6 Å². The standard InChI is InChI=1S/C12H15N3O/c1-8(2)11-5-12-13-6-10(4-9(3)16)7-15(12)14-11/h5-8H,4H2,1-3H3. The van der Waals surface area contributed by atoms with E-state index >= 15 is 0 Å². The molecular formula is C12H15N3O. The molecule has 0 bridgehead atoms. The van der Waals surface area contributed by atoms with Gasteiger partial charge in [-0.3, -0.25) is 4.79 Å². The van der Waals surface area contributed by atoms with Gasteiger partial charge in [-0.2, -0.15) is 5.10 Å². The molecule has 16 heavy (non-hydrogen) atoms. The van der Waals surface area contributed by atoms with E-state index in [1.165, 1.54) is 0 Å². The first-order chi connectivity index (χ1) is 7.56. The summed E-state index contributed by atoms with van der Waals surface area (Å²) in [6.07, 6.45) is 4.03. The SMILES string of the molecule is CC(=O)Cc1cnc2cc(C(C)C)nn2c1. The molecule has 0 aromatic carbocycles. The van der Waals surface area contributed by atoms with Crippen LogP contribution >= 0.6 is 0 Å². The maximum atomic E-state index is 11.0. The Hall–Kier alpha value is -1.71. The molecule has 0 aliphatic rings. The van der Waals surface area contributed by atoms with E-state index < -0.39 is 0 Å². The lowest BCUT2D eigenvalue weighted by molar-refractivity contribution is -0.116. The van der Waals surface area contributed by atoms with E-state index in [2.05, 4.69) is 23.9 Å². The predicted molar refractivity (Wildman–Crippen MR) is 61.5 cm³/mol. The minimum atomic E-state index is 0.136. The van der Waals surface area contributed by atoms with Crippen LogP contribution in [-0.4, -0.2) is 20.4 Å². The van der Waals surface area contributed by atoms with Crippen molar-refractivity contribution < 1.29 is 4.79 Å². The molecule has 4 heteroatoms. The summed E-state index contributed by atoms with van der Waals surface area (Å²) in [4.78, 5) is 15.3. The van der Waals surface area contributed by atoms with Crippen molar-refractivity contribution in [2.45, 2.75) is 33.1 Å². The topological polar surface area (TPSA) is 47.3 Å². The number of hydrogen-bond acceptors (Lipinski definition) is 3. The van der Waals surface area contributed by atoms with Crippen molar-refractivity contribution in [1.29, 1.82) is 0 Å². The van der Waals surface area contributed by atoms with Crippen LogP contribution in [-0.2, 0) is 11.2 Å². The number of hydrogen-bond donors (Lipinski definition) is 0. The van der Waals surface area contributed by atoms with Crippen molar-refractivity contribution in [1.82, 2.24) is 14.6 Å². The molecule has 4 nitrogen and oxygen atoms in total. The third kappa shape index (κ3) is 2.10. The molecule has 0 saturated carbocycles. The van der Waals surface area contributed by atoms with Crippen LogP contribution in [0.5, 0.6) is 0 Å². The van der Waals surface area contributed by atoms with Crippen molar-refractivity contribution in [2.24, 2.45) is 0 Å². The fourth-order valence-electron chi connectivity index (χ4n) is 1.59. The molecule has 0 amide bonds. The van der Waals surface area contributed by atoms with Crippen molar-refractivity contribution in [3.8, 4) is 0 Å². The number of fused-ring (bicyclic) bond motifs is 1. The summed E-state index contributed by atoms with van der Waals surface area (Å²) in [5.41, 5.74) is 2.75. The smallest absolute Gasteiger partial charge is 0.155 e. The number of carbonyl (C=O) groups excluding carboxylic acids is 1. The number of ketones is 1. The van der Waals surface area contributed by atoms with E-state index in [0.29, 0.717) is 12.3 Å². The van der Waals surface area contributed by atoms with Gasteiger partial charge in [-0.05, 0) is 18.4 Å². The summed E-state index contributed by atoms with van der Waals surface area (Å²) >= 11 is 0. The molecule has 2 heterocycles. The first-order valence-corrected chi connectivity index (χ1v) is 5.40. The Morgan fingerprint density at radius 2 is 2.25 bits per heavy atom. The number of rotatable bonds is 3. The summed E-state index contributed by atoms with van der Waals surface area (Å²) in [6, 6.07) is 1.97. The maximum absolute atomic E-state index is 11.0. The average molecular weight is 217 g/mol. The lowest BCUT2D eigenvalue weighted by Crippen LogP contribution is -2.00. The van der Waals surface area contributed by atoms with Gasteiger partial charge in [0.15, 0.2) is 5.65 Å². The monoisotopic (exact) mass is 217 g/mol. The van der Waals surface area contributed by atoms with Gasteiger partial charge in [0.25, 0.3) is 0 Å². The number of aromatic nitrogens is 3. The van der Waals surface area contributed by atoms with E-state index in [-0.39, 0.29) is 5.78 Å². The summed E-state index contributed by atoms with van der Waals surface area (Å²) in [5.74, 6) is 0.523. The van der Waals surface area contributed by atoms with Crippen LogP contribution in [0.3, 0.4) is 0 Å².